The van der Waals surface area contributed by atoms with E-state index in [2.05, 4.69) is 10.6 Å². The second-order valence-electron chi connectivity index (χ2n) is 6.13. The second-order valence-corrected chi connectivity index (χ2v) is 6.13. The van der Waals surface area contributed by atoms with E-state index in [0.717, 1.165) is 30.0 Å². The predicted octanol–water partition coefficient (Wildman–Crippen LogP) is 2.68. The molecule has 3 rings (SSSR count). The molecule has 1 amide bonds. The lowest BCUT2D eigenvalue weighted by Crippen LogP contribution is -2.44. The van der Waals surface area contributed by atoms with Gasteiger partial charge in [-0.2, -0.15) is 0 Å². The largest absolute Gasteiger partial charge is 0.489 e. The molecular formula is C20H25ClN2O3. The minimum absolute atomic E-state index is 0. The van der Waals surface area contributed by atoms with Crippen molar-refractivity contribution in [2.24, 2.45) is 0 Å². The lowest BCUT2D eigenvalue weighted by molar-refractivity contribution is -0.122. The summed E-state index contributed by atoms with van der Waals surface area (Å²) in [4.78, 5) is 12.0. The molecule has 0 spiro atoms. The molecule has 0 radical (unpaired) electrons. The second kappa shape index (κ2) is 10.8. The number of carbonyl (C=O) groups is 1. The van der Waals surface area contributed by atoms with Crippen LogP contribution in [0.1, 0.15) is 17.5 Å². The van der Waals surface area contributed by atoms with Gasteiger partial charge in [0.05, 0.1) is 13.2 Å². The van der Waals surface area contributed by atoms with Gasteiger partial charge in [-0.25, -0.2) is 0 Å². The summed E-state index contributed by atoms with van der Waals surface area (Å²) in [6.45, 7) is 3.20. The van der Waals surface area contributed by atoms with Crippen LogP contribution in [-0.2, 0) is 22.7 Å². The zero-order valence-corrected chi connectivity index (χ0v) is 15.5. The van der Waals surface area contributed by atoms with Gasteiger partial charge in [-0.15, -0.1) is 12.4 Å². The van der Waals surface area contributed by atoms with Crippen LogP contribution in [0, 0.1) is 0 Å². The average molecular weight is 377 g/mol. The molecule has 1 aliphatic heterocycles. The molecular weight excluding hydrogens is 352 g/mol. The van der Waals surface area contributed by atoms with Crippen LogP contribution >= 0.6 is 12.4 Å². The fourth-order valence-corrected chi connectivity index (χ4v) is 2.68. The van der Waals surface area contributed by atoms with Crippen molar-refractivity contribution >= 4 is 18.3 Å². The summed E-state index contributed by atoms with van der Waals surface area (Å²) in [5.41, 5.74) is 2.17. The van der Waals surface area contributed by atoms with Gasteiger partial charge in [0.25, 0.3) is 0 Å². The smallest absolute Gasteiger partial charge is 0.221 e. The molecule has 0 aromatic heterocycles. The number of para-hydroxylation sites is 1. The molecule has 0 saturated carbocycles. The highest BCUT2D eigenvalue weighted by Crippen LogP contribution is 2.12. The van der Waals surface area contributed by atoms with Crippen LogP contribution in [0.15, 0.2) is 54.6 Å². The molecule has 6 heteroatoms. The number of benzene rings is 2. The van der Waals surface area contributed by atoms with Gasteiger partial charge in [-0.3, -0.25) is 4.79 Å². The van der Waals surface area contributed by atoms with E-state index in [1.807, 2.05) is 54.6 Å². The molecule has 1 saturated heterocycles. The summed E-state index contributed by atoms with van der Waals surface area (Å²) in [6, 6.07) is 18.0. The lowest BCUT2D eigenvalue weighted by atomic mass is 10.1. The number of rotatable bonds is 7. The maximum Gasteiger partial charge on any atom is 0.221 e. The number of morpholine rings is 1. The normalized spacial score (nSPS) is 16.4. The monoisotopic (exact) mass is 376 g/mol. The van der Waals surface area contributed by atoms with E-state index in [9.17, 15) is 4.79 Å². The zero-order valence-electron chi connectivity index (χ0n) is 14.6. The standard InChI is InChI=1S/C20H24N2O3.ClH/c23-20(12-18-15-24-11-10-21-18)22-13-16-6-8-17(9-7-16)14-25-19-4-2-1-3-5-19;/h1-9,18,21H,10-15H2,(H,22,23);1H. The molecule has 5 nitrogen and oxygen atoms in total. The number of carbonyl (C=O) groups excluding carboxylic acids is 1. The highest BCUT2D eigenvalue weighted by Gasteiger charge is 2.16. The molecule has 26 heavy (non-hydrogen) atoms. The van der Waals surface area contributed by atoms with Crippen LogP contribution in [0.3, 0.4) is 0 Å². The van der Waals surface area contributed by atoms with Crippen molar-refractivity contribution in [2.75, 3.05) is 19.8 Å². The molecule has 2 aromatic rings. The summed E-state index contributed by atoms with van der Waals surface area (Å²) < 4.78 is 11.1. The Morgan fingerprint density at radius 2 is 1.85 bits per heavy atom. The molecule has 1 atom stereocenters. The van der Waals surface area contributed by atoms with E-state index < -0.39 is 0 Å². The maximum absolute atomic E-state index is 12.0. The Morgan fingerprint density at radius 1 is 1.12 bits per heavy atom. The summed E-state index contributed by atoms with van der Waals surface area (Å²) >= 11 is 0. The Bertz CT molecular complexity index is 659. The van der Waals surface area contributed by atoms with Gasteiger partial charge in [0.15, 0.2) is 0 Å². The van der Waals surface area contributed by atoms with E-state index in [1.54, 1.807) is 0 Å². The van der Waals surface area contributed by atoms with Crippen LogP contribution in [0.4, 0.5) is 0 Å². The molecule has 1 aliphatic rings. The van der Waals surface area contributed by atoms with Gasteiger partial charge in [-0.05, 0) is 23.3 Å². The van der Waals surface area contributed by atoms with E-state index in [-0.39, 0.29) is 24.4 Å². The molecule has 140 valence electrons. The van der Waals surface area contributed by atoms with Crippen molar-refractivity contribution in [1.82, 2.24) is 10.6 Å². The van der Waals surface area contributed by atoms with Crippen molar-refractivity contribution in [3.63, 3.8) is 0 Å². The van der Waals surface area contributed by atoms with Gasteiger partial charge in [0, 0.05) is 25.6 Å². The summed E-state index contributed by atoms with van der Waals surface area (Å²) in [6.07, 6.45) is 0.447. The highest BCUT2D eigenvalue weighted by molar-refractivity contribution is 5.85. The number of halogens is 1. The van der Waals surface area contributed by atoms with Crippen LogP contribution in [0.5, 0.6) is 5.75 Å². The topological polar surface area (TPSA) is 59.6 Å². The Hall–Kier alpha value is -2.08. The molecule has 1 unspecified atom stereocenters. The first-order chi connectivity index (χ1) is 12.3. The van der Waals surface area contributed by atoms with E-state index >= 15 is 0 Å². The lowest BCUT2D eigenvalue weighted by Gasteiger charge is -2.23. The van der Waals surface area contributed by atoms with Gasteiger partial charge < -0.3 is 20.1 Å². The third kappa shape index (κ3) is 6.67. The Labute approximate surface area is 160 Å². The molecule has 1 heterocycles. The van der Waals surface area contributed by atoms with Crippen LogP contribution in [0.25, 0.3) is 0 Å². The quantitative estimate of drug-likeness (QED) is 0.780. The van der Waals surface area contributed by atoms with E-state index in [1.165, 1.54) is 0 Å². The summed E-state index contributed by atoms with van der Waals surface area (Å²) in [7, 11) is 0. The third-order valence-electron chi connectivity index (χ3n) is 4.09. The van der Waals surface area contributed by atoms with Crippen LogP contribution in [0.2, 0.25) is 0 Å². The number of hydrogen-bond donors (Lipinski definition) is 2. The van der Waals surface area contributed by atoms with Crippen molar-refractivity contribution < 1.29 is 14.3 Å². The SMILES string of the molecule is Cl.O=C(CC1COCCN1)NCc1ccc(COc2ccccc2)cc1. The van der Waals surface area contributed by atoms with Crippen LogP contribution in [-0.4, -0.2) is 31.7 Å². The van der Waals surface area contributed by atoms with Gasteiger partial charge in [-0.1, -0.05) is 42.5 Å². The van der Waals surface area contributed by atoms with Crippen molar-refractivity contribution in [2.45, 2.75) is 25.6 Å². The summed E-state index contributed by atoms with van der Waals surface area (Å²) in [5, 5.41) is 6.24. The van der Waals surface area contributed by atoms with Crippen molar-refractivity contribution in [1.29, 1.82) is 0 Å². The van der Waals surface area contributed by atoms with E-state index in [0.29, 0.717) is 26.2 Å². The van der Waals surface area contributed by atoms with Gasteiger partial charge in [0.2, 0.25) is 5.91 Å². The molecule has 2 aromatic carbocycles. The fraction of sp³-hybridized carbons (Fsp3) is 0.350. The van der Waals surface area contributed by atoms with Gasteiger partial charge >= 0.3 is 0 Å². The zero-order chi connectivity index (χ0) is 17.3. The Balaban J connectivity index is 0.00000243. The predicted molar refractivity (Wildman–Crippen MR) is 104 cm³/mol. The molecule has 1 fully saturated rings. The number of amides is 1. The first kappa shape index (κ1) is 20.2. The number of ether oxygens (including phenoxy) is 2. The molecule has 0 bridgehead atoms. The Morgan fingerprint density at radius 3 is 2.54 bits per heavy atom. The van der Waals surface area contributed by atoms with Crippen molar-refractivity contribution in [3.05, 3.63) is 65.7 Å². The number of nitrogens with one attached hydrogen (secondary N) is 2. The highest BCUT2D eigenvalue weighted by atomic mass is 35.5. The minimum atomic E-state index is 0. The average Bonchev–Trinajstić information content (AvgIpc) is 2.67. The first-order valence-electron chi connectivity index (χ1n) is 8.63. The third-order valence-corrected chi connectivity index (χ3v) is 4.09. The molecule has 2 N–H and O–H groups in total. The van der Waals surface area contributed by atoms with Gasteiger partial charge in [0.1, 0.15) is 12.4 Å². The minimum Gasteiger partial charge on any atom is -0.489 e. The van der Waals surface area contributed by atoms with Crippen LogP contribution < -0.4 is 15.4 Å². The fourth-order valence-electron chi connectivity index (χ4n) is 2.68. The first-order valence-corrected chi connectivity index (χ1v) is 8.63. The number of hydrogen-bond acceptors (Lipinski definition) is 4. The molecule has 0 aliphatic carbocycles. The maximum atomic E-state index is 12.0. The summed E-state index contributed by atoms with van der Waals surface area (Å²) in [5.74, 6) is 0.902. The Kier molecular flexibility index (Phi) is 8.41. The van der Waals surface area contributed by atoms with Crippen molar-refractivity contribution in [3.8, 4) is 5.75 Å². The van der Waals surface area contributed by atoms with E-state index in [4.69, 9.17) is 9.47 Å².